The number of hydrogen-bond acceptors (Lipinski definition) is 5. The zero-order chi connectivity index (χ0) is 15.5. The third-order valence-corrected chi connectivity index (χ3v) is 4.67. The summed E-state index contributed by atoms with van der Waals surface area (Å²) in [5.74, 6) is 2.31. The van der Waals surface area contributed by atoms with Crippen molar-refractivity contribution in [3.05, 3.63) is 18.2 Å². The number of anilines is 1. The summed E-state index contributed by atoms with van der Waals surface area (Å²) >= 11 is 0. The molecular weight excluding hydrogens is 284 g/mol. The van der Waals surface area contributed by atoms with Gasteiger partial charge in [0.05, 0.1) is 26.5 Å². The summed E-state index contributed by atoms with van der Waals surface area (Å²) < 4.78 is 15.8. The van der Waals surface area contributed by atoms with Crippen LogP contribution in [0, 0.1) is 11.8 Å². The molecule has 6 heteroatoms. The van der Waals surface area contributed by atoms with Gasteiger partial charge in [-0.2, -0.15) is 0 Å². The van der Waals surface area contributed by atoms with Crippen molar-refractivity contribution < 1.29 is 19.0 Å². The third kappa shape index (κ3) is 2.97. The number of piperidine rings is 1. The van der Waals surface area contributed by atoms with Gasteiger partial charge in [0, 0.05) is 18.0 Å². The number of fused-ring (bicyclic) bond motifs is 2. The van der Waals surface area contributed by atoms with E-state index in [1.807, 2.05) is 0 Å². The van der Waals surface area contributed by atoms with Crippen LogP contribution in [0.1, 0.15) is 12.8 Å². The van der Waals surface area contributed by atoms with Gasteiger partial charge in [-0.25, -0.2) is 4.79 Å². The number of methoxy groups -OCH3 is 2. The van der Waals surface area contributed by atoms with Crippen molar-refractivity contribution in [2.24, 2.45) is 11.8 Å². The van der Waals surface area contributed by atoms with Gasteiger partial charge in [0.15, 0.2) is 0 Å². The molecule has 1 heterocycles. The monoisotopic (exact) mass is 306 g/mol. The van der Waals surface area contributed by atoms with Crippen LogP contribution >= 0.6 is 0 Å². The van der Waals surface area contributed by atoms with Crippen molar-refractivity contribution in [2.45, 2.75) is 18.9 Å². The van der Waals surface area contributed by atoms with Crippen LogP contribution in [0.2, 0.25) is 0 Å². The van der Waals surface area contributed by atoms with Crippen molar-refractivity contribution in [3.63, 3.8) is 0 Å². The van der Waals surface area contributed by atoms with Gasteiger partial charge >= 0.3 is 6.09 Å². The van der Waals surface area contributed by atoms with E-state index in [0.29, 0.717) is 41.7 Å². The molecule has 0 aromatic heterocycles. The molecule has 6 nitrogen and oxygen atoms in total. The van der Waals surface area contributed by atoms with Crippen molar-refractivity contribution in [2.75, 3.05) is 32.7 Å². The average molecular weight is 306 g/mol. The summed E-state index contributed by atoms with van der Waals surface area (Å²) in [4.78, 5) is 12.0. The van der Waals surface area contributed by atoms with Crippen LogP contribution in [0.15, 0.2) is 18.2 Å². The molecule has 0 radical (unpaired) electrons. The Labute approximate surface area is 130 Å². The molecule has 2 fully saturated rings. The summed E-state index contributed by atoms with van der Waals surface area (Å²) in [6.07, 6.45) is 1.97. The first-order valence-electron chi connectivity index (χ1n) is 7.60. The molecule has 22 heavy (non-hydrogen) atoms. The lowest BCUT2D eigenvalue weighted by Gasteiger charge is -2.16. The molecule has 3 rings (SSSR count). The van der Waals surface area contributed by atoms with Gasteiger partial charge in [0.2, 0.25) is 0 Å². The molecule has 1 amide bonds. The predicted molar refractivity (Wildman–Crippen MR) is 82.5 cm³/mol. The van der Waals surface area contributed by atoms with E-state index in [1.54, 1.807) is 32.4 Å². The van der Waals surface area contributed by atoms with Gasteiger partial charge in [-0.3, -0.25) is 5.32 Å². The number of hydrogen-bond donors (Lipinski definition) is 2. The van der Waals surface area contributed by atoms with Gasteiger partial charge in [-0.15, -0.1) is 0 Å². The zero-order valence-corrected chi connectivity index (χ0v) is 12.9. The summed E-state index contributed by atoms with van der Waals surface area (Å²) in [5, 5.41) is 6.19. The predicted octanol–water partition coefficient (Wildman–Crippen LogP) is 2.25. The maximum Gasteiger partial charge on any atom is 0.411 e. The maximum absolute atomic E-state index is 12.0. The molecule has 1 aliphatic heterocycles. The standard InChI is InChI=1S/C16H22N2O4/c1-20-11-4-6-14(15(7-11)21-2)18-16(19)22-9-12-10-3-5-13(12)17-8-10/h4,6-7,10,12-13,17H,3,5,8-9H2,1-2H3,(H,18,19). The molecule has 1 aromatic carbocycles. The van der Waals surface area contributed by atoms with Crippen LogP contribution in [0.25, 0.3) is 0 Å². The molecule has 1 aromatic rings. The van der Waals surface area contributed by atoms with Crippen molar-refractivity contribution >= 4 is 11.8 Å². The minimum Gasteiger partial charge on any atom is -0.497 e. The molecular formula is C16H22N2O4. The highest BCUT2D eigenvalue weighted by atomic mass is 16.5. The third-order valence-electron chi connectivity index (χ3n) is 4.67. The van der Waals surface area contributed by atoms with Crippen LogP contribution in [-0.2, 0) is 4.74 Å². The molecule has 0 spiro atoms. The van der Waals surface area contributed by atoms with Crippen LogP contribution in [-0.4, -0.2) is 39.5 Å². The highest BCUT2D eigenvalue weighted by Gasteiger charge is 2.41. The first-order chi connectivity index (χ1) is 10.7. The number of carbonyl (C=O) groups excluding carboxylic acids is 1. The van der Waals surface area contributed by atoms with Crippen LogP contribution in [0.5, 0.6) is 11.5 Å². The number of carbonyl (C=O) groups is 1. The Balaban J connectivity index is 1.55. The molecule has 1 aliphatic carbocycles. The van der Waals surface area contributed by atoms with Crippen LogP contribution < -0.4 is 20.1 Å². The Morgan fingerprint density at radius 1 is 1.32 bits per heavy atom. The number of ether oxygens (including phenoxy) is 3. The second-order valence-corrected chi connectivity index (χ2v) is 5.81. The van der Waals surface area contributed by atoms with Crippen LogP contribution in [0.3, 0.4) is 0 Å². The minimum atomic E-state index is -0.449. The largest absolute Gasteiger partial charge is 0.497 e. The van der Waals surface area contributed by atoms with Gasteiger partial charge in [0.25, 0.3) is 0 Å². The molecule has 2 aliphatic rings. The number of nitrogens with one attached hydrogen (secondary N) is 2. The van der Waals surface area contributed by atoms with Gasteiger partial charge in [-0.1, -0.05) is 0 Å². The van der Waals surface area contributed by atoms with E-state index in [2.05, 4.69) is 10.6 Å². The molecule has 3 atom stereocenters. The quantitative estimate of drug-likeness (QED) is 0.873. The van der Waals surface area contributed by atoms with Gasteiger partial charge < -0.3 is 19.5 Å². The van der Waals surface area contributed by atoms with E-state index in [9.17, 15) is 4.79 Å². The highest BCUT2D eigenvalue weighted by Crippen LogP contribution is 2.37. The van der Waals surface area contributed by atoms with E-state index < -0.39 is 6.09 Å². The number of rotatable bonds is 5. The van der Waals surface area contributed by atoms with Crippen LogP contribution in [0.4, 0.5) is 10.5 Å². The Hall–Kier alpha value is -1.95. The lowest BCUT2D eigenvalue weighted by Crippen LogP contribution is -2.28. The SMILES string of the molecule is COc1ccc(NC(=O)OCC2C3CCC2NC3)c(OC)c1. The zero-order valence-electron chi connectivity index (χ0n) is 12.9. The van der Waals surface area contributed by atoms with Gasteiger partial charge in [-0.05, 0) is 37.4 Å². The molecule has 1 saturated carbocycles. The van der Waals surface area contributed by atoms with E-state index in [4.69, 9.17) is 14.2 Å². The first-order valence-corrected chi connectivity index (χ1v) is 7.60. The lowest BCUT2D eigenvalue weighted by molar-refractivity contribution is 0.134. The molecule has 3 unspecified atom stereocenters. The molecule has 120 valence electrons. The minimum absolute atomic E-state index is 0.448. The Morgan fingerprint density at radius 3 is 2.77 bits per heavy atom. The number of amides is 1. The second kappa shape index (κ2) is 6.44. The Bertz CT molecular complexity index is 529. The fourth-order valence-corrected chi connectivity index (χ4v) is 3.43. The summed E-state index contributed by atoms with van der Waals surface area (Å²) in [7, 11) is 3.13. The average Bonchev–Trinajstić information content (AvgIpc) is 3.12. The fourth-order valence-electron chi connectivity index (χ4n) is 3.43. The molecule has 1 saturated heterocycles. The second-order valence-electron chi connectivity index (χ2n) is 5.81. The molecule has 2 N–H and O–H groups in total. The smallest absolute Gasteiger partial charge is 0.411 e. The lowest BCUT2D eigenvalue weighted by atomic mass is 9.99. The Morgan fingerprint density at radius 2 is 2.18 bits per heavy atom. The fraction of sp³-hybridized carbons (Fsp3) is 0.562. The van der Waals surface area contributed by atoms with Crippen molar-refractivity contribution in [1.82, 2.24) is 5.32 Å². The summed E-state index contributed by atoms with van der Waals surface area (Å²) in [6, 6.07) is 5.73. The number of benzene rings is 1. The maximum atomic E-state index is 12.0. The summed E-state index contributed by atoms with van der Waals surface area (Å²) in [5.41, 5.74) is 0.570. The van der Waals surface area contributed by atoms with Crippen molar-refractivity contribution in [3.8, 4) is 11.5 Å². The highest BCUT2D eigenvalue weighted by molar-refractivity contribution is 5.87. The van der Waals surface area contributed by atoms with E-state index >= 15 is 0 Å². The van der Waals surface area contributed by atoms with E-state index in [1.165, 1.54) is 12.8 Å². The van der Waals surface area contributed by atoms with E-state index in [-0.39, 0.29) is 0 Å². The molecule has 2 bridgehead atoms. The van der Waals surface area contributed by atoms with E-state index in [0.717, 1.165) is 6.54 Å². The Kier molecular flexibility index (Phi) is 4.38. The normalized spacial score (nSPS) is 25.8. The first kappa shape index (κ1) is 15.0. The summed E-state index contributed by atoms with van der Waals surface area (Å²) in [6.45, 7) is 1.51. The van der Waals surface area contributed by atoms with Crippen molar-refractivity contribution in [1.29, 1.82) is 0 Å². The topological polar surface area (TPSA) is 68.8 Å². The van der Waals surface area contributed by atoms with Gasteiger partial charge in [0.1, 0.15) is 11.5 Å².